The normalized spacial score (nSPS) is 13.1. The van der Waals surface area contributed by atoms with Crippen LogP contribution in [0.25, 0.3) is 0 Å². The number of H-pyrrole nitrogens is 1. The van der Waals surface area contributed by atoms with Crippen LogP contribution >= 0.6 is 0 Å². The summed E-state index contributed by atoms with van der Waals surface area (Å²) in [5.41, 5.74) is -0.208. The predicted octanol–water partition coefficient (Wildman–Crippen LogP) is 1.09. The van der Waals surface area contributed by atoms with Crippen LogP contribution in [0.5, 0.6) is 0 Å². The van der Waals surface area contributed by atoms with Gasteiger partial charge in [-0.15, -0.1) is 5.10 Å². The average molecular weight is 268 g/mol. The van der Waals surface area contributed by atoms with Crippen LogP contribution in [0, 0.1) is 0 Å². The van der Waals surface area contributed by atoms with E-state index in [0.29, 0.717) is 12.2 Å². The van der Waals surface area contributed by atoms with Crippen LogP contribution in [0.3, 0.4) is 0 Å². The molecule has 0 aromatic carbocycles. The van der Waals surface area contributed by atoms with E-state index in [1.54, 1.807) is 6.92 Å². The van der Waals surface area contributed by atoms with Crippen LogP contribution in [0.4, 0.5) is 0 Å². The van der Waals surface area contributed by atoms with E-state index in [4.69, 9.17) is 5.11 Å². The Balaban J connectivity index is 2.58. The number of amides is 1. The summed E-state index contributed by atoms with van der Waals surface area (Å²) < 4.78 is 0. The number of nitrogens with one attached hydrogen (secondary N) is 2. The summed E-state index contributed by atoms with van der Waals surface area (Å²) in [6, 6.07) is -0.236. The number of aromatic nitrogens is 3. The number of carbonyl (C=O) groups is 2. The standard InChI is InChI=1S/C12H20N4O3/c1-7(5-6-8(17)18)13-10(19)9-14-11(16-15-9)12(2,3)4/h7H,5-6H2,1-4H3,(H,13,19)(H,17,18)(H,14,15,16). The average Bonchev–Trinajstić information content (AvgIpc) is 2.75. The first-order chi connectivity index (χ1) is 8.70. The quantitative estimate of drug-likeness (QED) is 0.740. The minimum Gasteiger partial charge on any atom is -0.481 e. The molecule has 0 fully saturated rings. The number of carbonyl (C=O) groups excluding carboxylic acids is 1. The molecule has 0 aliphatic carbocycles. The first kappa shape index (κ1) is 15.1. The lowest BCUT2D eigenvalue weighted by Crippen LogP contribution is -2.33. The van der Waals surface area contributed by atoms with E-state index in [2.05, 4.69) is 20.5 Å². The molecule has 0 aliphatic rings. The Kier molecular flexibility index (Phi) is 4.63. The number of aromatic amines is 1. The highest BCUT2D eigenvalue weighted by Crippen LogP contribution is 2.17. The highest BCUT2D eigenvalue weighted by atomic mass is 16.4. The predicted molar refractivity (Wildman–Crippen MR) is 68.9 cm³/mol. The zero-order valence-electron chi connectivity index (χ0n) is 11.6. The molecule has 0 saturated heterocycles. The van der Waals surface area contributed by atoms with Crippen LogP contribution < -0.4 is 5.32 Å². The number of nitrogens with zero attached hydrogens (tertiary/aromatic N) is 2. The van der Waals surface area contributed by atoms with E-state index in [0.717, 1.165) is 0 Å². The minimum atomic E-state index is -0.881. The zero-order chi connectivity index (χ0) is 14.6. The molecule has 1 atom stereocenters. The molecular formula is C12H20N4O3. The number of rotatable bonds is 5. The van der Waals surface area contributed by atoms with Gasteiger partial charge in [0.25, 0.3) is 5.91 Å². The van der Waals surface area contributed by atoms with Crippen molar-refractivity contribution in [1.82, 2.24) is 20.5 Å². The van der Waals surface area contributed by atoms with Gasteiger partial charge in [-0.1, -0.05) is 20.8 Å². The lowest BCUT2D eigenvalue weighted by molar-refractivity contribution is -0.137. The highest BCUT2D eigenvalue weighted by molar-refractivity contribution is 5.90. The molecule has 0 bridgehead atoms. The maximum absolute atomic E-state index is 11.8. The first-order valence-electron chi connectivity index (χ1n) is 6.15. The van der Waals surface area contributed by atoms with Crippen molar-refractivity contribution in [3.8, 4) is 0 Å². The third-order valence-electron chi connectivity index (χ3n) is 2.57. The van der Waals surface area contributed by atoms with Gasteiger partial charge in [0, 0.05) is 17.9 Å². The second-order valence-corrected chi connectivity index (χ2v) is 5.56. The fraction of sp³-hybridized carbons (Fsp3) is 0.667. The second-order valence-electron chi connectivity index (χ2n) is 5.56. The summed E-state index contributed by atoms with van der Waals surface area (Å²) in [5.74, 6) is -0.568. The molecule has 1 aromatic heterocycles. The van der Waals surface area contributed by atoms with E-state index in [9.17, 15) is 9.59 Å². The Morgan fingerprint density at radius 3 is 2.53 bits per heavy atom. The van der Waals surface area contributed by atoms with E-state index in [1.165, 1.54) is 0 Å². The van der Waals surface area contributed by atoms with Gasteiger partial charge in [0.15, 0.2) is 0 Å². The van der Waals surface area contributed by atoms with E-state index in [1.807, 2.05) is 20.8 Å². The Labute approximate surface area is 111 Å². The summed E-state index contributed by atoms with van der Waals surface area (Å²) in [7, 11) is 0. The van der Waals surface area contributed by atoms with Crippen molar-refractivity contribution in [3.05, 3.63) is 11.6 Å². The molecule has 7 nitrogen and oxygen atoms in total. The summed E-state index contributed by atoms with van der Waals surface area (Å²) >= 11 is 0. The van der Waals surface area contributed by atoms with Crippen molar-refractivity contribution in [2.24, 2.45) is 0 Å². The molecule has 0 aliphatic heterocycles. The Morgan fingerprint density at radius 1 is 1.42 bits per heavy atom. The van der Waals surface area contributed by atoms with Crippen LogP contribution in [0.2, 0.25) is 0 Å². The van der Waals surface area contributed by atoms with Crippen LogP contribution in [-0.4, -0.2) is 38.2 Å². The molecular weight excluding hydrogens is 248 g/mol. The molecule has 0 radical (unpaired) electrons. The number of carboxylic acids is 1. The van der Waals surface area contributed by atoms with Gasteiger partial charge < -0.3 is 10.4 Å². The lowest BCUT2D eigenvalue weighted by Gasteiger charge is -2.13. The SMILES string of the molecule is CC(CCC(=O)O)NC(=O)c1n[nH]c(C(C)(C)C)n1. The van der Waals surface area contributed by atoms with Gasteiger partial charge in [-0.3, -0.25) is 14.7 Å². The Bertz CT molecular complexity index is 462. The van der Waals surface area contributed by atoms with Gasteiger partial charge in [-0.25, -0.2) is 4.98 Å². The van der Waals surface area contributed by atoms with E-state index in [-0.39, 0.29) is 23.7 Å². The lowest BCUT2D eigenvalue weighted by atomic mass is 9.96. The molecule has 0 saturated carbocycles. The Morgan fingerprint density at radius 2 is 2.05 bits per heavy atom. The van der Waals surface area contributed by atoms with Gasteiger partial charge in [0.1, 0.15) is 5.82 Å². The van der Waals surface area contributed by atoms with Crippen LogP contribution in [0.15, 0.2) is 0 Å². The Hall–Kier alpha value is -1.92. The maximum atomic E-state index is 11.8. The van der Waals surface area contributed by atoms with Gasteiger partial charge >= 0.3 is 5.97 Å². The fourth-order valence-corrected chi connectivity index (χ4v) is 1.40. The summed E-state index contributed by atoms with van der Waals surface area (Å²) in [4.78, 5) is 26.4. The fourth-order valence-electron chi connectivity index (χ4n) is 1.40. The van der Waals surface area contributed by atoms with Gasteiger partial charge in [-0.2, -0.15) is 0 Å². The van der Waals surface area contributed by atoms with Gasteiger partial charge in [0.05, 0.1) is 0 Å². The molecule has 0 spiro atoms. The van der Waals surface area contributed by atoms with E-state index >= 15 is 0 Å². The number of hydrogen-bond acceptors (Lipinski definition) is 4. The molecule has 1 amide bonds. The number of hydrogen-bond donors (Lipinski definition) is 3. The minimum absolute atomic E-state index is 0.0165. The van der Waals surface area contributed by atoms with Gasteiger partial charge in [-0.05, 0) is 13.3 Å². The largest absolute Gasteiger partial charge is 0.481 e. The summed E-state index contributed by atoms with van der Waals surface area (Å²) in [5, 5.41) is 17.8. The molecule has 1 unspecified atom stereocenters. The molecule has 7 heteroatoms. The molecule has 1 aromatic rings. The second kappa shape index (κ2) is 5.81. The third kappa shape index (κ3) is 4.69. The number of aliphatic carboxylic acids is 1. The maximum Gasteiger partial charge on any atom is 0.303 e. The van der Waals surface area contributed by atoms with Crippen LogP contribution in [0.1, 0.15) is 57.0 Å². The zero-order valence-corrected chi connectivity index (χ0v) is 11.6. The smallest absolute Gasteiger partial charge is 0.303 e. The molecule has 1 heterocycles. The van der Waals surface area contributed by atoms with E-state index < -0.39 is 11.9 Å². The van der Waals surface area contributed by atoms with Crippen molar-refractivity contribution in [2.75, 3.05) is 0 Å². The highest BCUT2D eigenvalue weighted by Gasteiger charge is 2.21. The first-order valence-corrected chi connectivity index (χ1v) is 6.15. The van der Waals surface area contributed by atoms with Crippen molar-refractivity contribution in [3.63, 3.8) is 0 Å². The van der Waals surface area contributed by atoms with Crippen molar-refractivity contribution < 1.29 is 14.7 Å². The molecule has 19 heavy (non-hydrogen) atoms. The van der Waals surface area contributed by atoms with Crippen molar-refractivity contribution in [2.45, 2.75) is 52.0 Å². The molecule has 3 N–H and O–H groups in total. The topological polar surface area (TPSA) is 108 Å². The monoisotopic (exact) mass is 268 g/mol. The van der Waals surface area contributed by atoms with Crippen molar-refractivity contribution in [1.29, 1.82) is 0 Å². The van der Waals surface area contributed by atoms with Gasteiger partial charge in [0.2, 0.25) is 5.82 Å². The molecule has 1 rings (SSSR count). The van der Waals surface area contributed by atoms with Crippen molar-refractivity contribution >= 4 is 11.9 Å². The summed E-state index contributed by atoms with van der Waals surface area (Å²) in [6.07, 6.45) is 0.389. The molecule has 106 valence electrons. The van der Waals surface area contributed by atoms with Crippen LogP contribution in [-0.2, 0) is 10.2 Å². The summed E-state index contributed by atoms with van der Waals surface area (Å²) in [6.45, 7) is 7.64. The third-order valence-corrected chi connectivity index (χ3v) is 2.57. The number of carboxylic acid groups (broad SMARTS) is 1.